The lowest BCUT2D eigenvalue weighted by molar-refractivity contribution is 0.0924. The van der Waals surface area contributed by atoms with Gasteiger partial charge >= 0.3 is 0 Å². The van der Waals surface area contributed by atoms with Crippen LogP contribution in [0.15, 0.2) is 12.3 Å². The molecule has 21 heavy (non-hydrogen) atoms. The molecule has 1 aliphatic rings. The first-order valence-electron chi connectivity index (χ1n) is 7.50. The molecule has 2 rings (SSSR count). The molecule has 1 aromatic rings. The average molecular weight is 294 g/mol. The Kier molecular flexibility index (Phi) is 5.50. The van der Waals surface area contributed by atoms with E-state index in [2.05, 4.69) is 27.6 Å². The van der Waals surface area contributed by atoms with Crippen molar-refractivity contribution in [3.63, 3.8) is 0 Å². The summed E-state index contributed by atoms with van der Waals surface area (Å²) in [5.41, 5.74) is 0.0411. The van der Waals surface area contributed by atoms with Crippen LogP contribution >= 0.6 is 0 Å². The van der Waals surface area contributed by atoms with Gasteiger partial charge in [-0.2, -0.15) is 0 Å². The fraction of sp³-hybridized carbons (Fsp3) is 0.600. The molecule has 1 unspecified atom stereocenters. The molecule has 116 valence electrons. The van der Waals surface area contributed by atoms with Crippen LogP contribution in [0.5, 0.6) is 0 Å². The summed E-state index contributed by atoms with van der Waals surface area (Å²) in [6, 6.07) is 1.75. The summed E-state index contributed by atoms with van der Waals surface area (Å²) in [4.78, 5) is 18.3. The standard InChI is InChI=1S/C15H23FN4O/c1-3-17-14-13(16)12(7-8-18-14)15(21)19-10-11-6-4-5-9-20(11)2/h7-8,11H,3-6,9-10H2,1-2H3,(H,17,18)(H,19,21). The van der Waals surface area contributed by atoms with Crippen molar-refractivity contribution in [2.75, 3.05) is 32.0 Å². The Bertz CT molecular complexity index is 495. The third kappa shape index (κ3) is 3.91. The van der Waals surface area contributed by atoms with Crippen LogP contribution in [0.25, 0.3) is 0 Å². The molecule has 5 nitrogen and oxygen atoms in total. The molecule has 1 atom stereocenters. The van der Waals surface area contributed by atoms with Gasteiger partial charge in [0.05, 0.1) is 5.56 Å². The van der Waals surface area contributed by atoms with Crippen LogP contribution in [0, 0.1) is 5.82 Å². The zero-order valence-electron chi connectivity index (χ0n) is 12.7. The lowest BCUT2D eigenvalue weighted by atomic mass is 10.0. The van der Waals surface area contributed by atoms with E-state index in [1.807, 2.05) is 6.92 Å². The molecular formula is C15H23FN4O. The molecule has 1 amide bonds. The molecule has 2 N–H and O–H groups in total. The smallest absolute Gasteiger partial charge is 0.254 e. The first-order chi connectivity index (χ1) is 10.1. The van der Waals surface area contributed by atoms with Crippen LogP contribution in [0.4, 0.5) is 10.2 Å². The number of nitrogens with zero attached hydrogens (tertiary/aromatic N) is 2. The number of carbonyl (C=O) groups excluding carboxylic acids is 1. The van der Waals surface area contributed by atoms with Gasteiger partial charge in [-0.3, -0.25) is 4.79 Å². The van der Waals surface area contributed by atoms with Crippen molar-refractivity contribution in [3.8, 4) is 0 Å². The van der Waals surface area contributed by atoms with Gasteiger partial charge in [-0.05, 0) is 39.4 Å². The molecule has 0 bridgehead atoms. The number of amides is 1. The summed E-state index contributed by atoms with van der Waals surface area (Å²) in [6.07, 6.45) is 4.89. The van der Waals surface area contributed by atoms with Crippen LogP contribution in [-0.4, -0.2) is 48.5 Å². The summed E-state index contributed by atoms with van der Waals surface area (Å²) < 4.78 is 14.2. The molecule has 6 heteroatoms. The normalized spacial score (nSPS) is 19.3. The van der Waals surface area contributed by atoms with Gasteiger partial charge in [-0.15, -0.1) is 0 Å². The van der Waals surface area contributed by atoms with Gasteiger partial charge in [0.25, 0.3) is 5.91 Å². The van der Waals surface area contributed by atoms with Crippen LogP contribution in [0.3, 0.4) is 0 Å². The minimum atomic E-state index is -0.589. The number of likely N-dealkylation sites (tertiary alicyclic amines) is 1. The Hall–Kier alpha value is -1.69. The lowest BCUT2D eigenvalue weighted by Gasteiger charge is -2.32. The first kappa shape index (κ1) is 15.7. The Morgan fingerprint density at radius 1 is 1.52 bits per heavy atom. The molecule has 2 heterocycles. The highest BCUT2D eigenvalue weighted by molar-refractivity contribution is 5.95. The van der Waals surface area contributed by atoms with Crippen LogP contribution in [0.1, 0.15) is 36.5 Å². The largest absolute Gasteiger partial charge is 0.368 e. The van der Waals surface area contributed by atoms with Crippen molar-refractivity contribution in [3.05, 3.63) is 23.6 Å². The SMILES string of the molecule is CCNc1nccc(C(=O)NCC2CCCCN2C)c1F. The van der Waals surface area contributed by atoms with E-state index in [1.165, 1.54) is 25.1 Å². The molecule has 0 saturated carbocycles. The summed E-state index contributed by atoms with van der Waals surface area (Å²) in [7, 11) is 2.06. The van der Waals surface area contributed by atoms with E-state index in [9.17, 15) is 9.18 Å². The van der Waals surface area contributed by atoms with E-state index < -0.39 is 5.82 Å². The molecule has 1 fully saturated rings. The van der Waals surface area contributed by atoms with Crippen molar-refractivity contribution in [2.45, 2.75) is 32.2 Å². The number of carbonyl (C=O) groups is 1. The summed E-state index contributed by atoms with van der Waals surface area (Å²) in [5, 5.41) is 5.64. The highest BCUT2D eigenvalue weighted by Gasteiger charge is 2.21. The second-order valence-corrected chi connectivity index (χ2v) is 5.39. The maximum Gasteiger partial charge on any atom is 0.254 e. The Morgan fingerprint density at radius 3 is 3.05 bits per heavy atom. The van der Waals surface area contributed by atoms with E-state index in [0.717, 1.165) is 13.0 Å². The number of piperidine rings is 1. The van der Waals surface area contributed by atoms with E-state index in [0.29, 0.717) is 19.1 Å². The Balaban J connectivity index is 1.98. The zero-order valence-corrected chi connectivity index (χ0v) is 12.7. The number of anilines is 1. The van der Waals surface area contributed by atoms with Gasteiger partial charge in [0.15, 0.2) is 11.6 Å². The van der Waals surface area contributed by atoms with Crippen LogP contribution in [-0.2, 0) is 0 Å². The van der Waals surface area contributed by atoms with Gasteiger partial charge in [0.1, 0.15) is 0 Å². The zero-order chi connectivity index (χ0) is 15.2. The van der Waals surface area contributed by atoms with E-state index >= 15 is 0 Å². The minimum Gasteiger partial charge on any atom is -0.368 e. The number of hydrogen-bond acceptors (Lipinski definition) is 4. The quantitative estimate of drug-likeness (QED) is 0.870. The number of nitrogens with one attached hydrogen (secondary N) is 2. The predicted octanol–water partition coefficient (Wildman–Crippen LogP) is 1.87. The molecular weight excluding hydrogens is 271 g/mol. The summed E-state index contributed by atoms with van der Waals surface area (Å²) in [6.45, 7) is 4.01. The second-order valence-electron chi connectivity index (χ2n) is 5.39. The monoisotopic (exact) mass is 294 g/mol. The van der Waals surface area contributed by atoms with Gasteiger partial charge in [0.2, 0.25) is 0 Å². The fourth-order valence-electron chi connectivity index (χ4n) is 2.62. The van der Waals surface area contributed by atoms with Crippen LogP contribution in [0.2, 0.25) is 0 Å². The van der Waals surface area contributed by atoms with Crippen molar-refractivity contribution in [2.24, 2.45) is 0 Å². The fourth-order valence-corrected chi connectivity index (χ4v) is 2.62. The minimum absolute atomic E-state index is 0.0411. The Morgan fingerprint density at radius 2 is 2.33 bits per heavy atom. The van der Waals surface area contributed by atoms with Crippen LogP contribution < -0.4 is 10.6 Å². The molecule has 1 saturated heterocycles. The molecule has 0 radical (unpaired) electrons. The number of pyridine rings is 1. The van der Waals surface area contributed by atoms with Gasteiger partial charge in [-0.1, -0.05) is 6.42 Å². The third-order valence-corrected chi connectivity index (χ3v) is 3.90. The first-order valence-corrected chi connectivity index (χ1v) is 7.50. The number of likely N-dealkylation sites (N-methyl/N-ethyl adjacent to an activating group) is 1. The highest BCUT2D eigenvalue weighted by atomic mass is 19.1. The molecule has 1 aliphatic heterocycles. The van der Waals surface area contributed by atoms with Gasteiger partial charge < -0.3 is 15.5 Å². The van der Waals surface area contributed by atoms with Crippen molar-refractivity contribution in [1.82, 2.24) is 15.2 Å². The Labute approximate surface area is 124 Å². The summed E-state index contributed by atoms with van der Waals surface area (Å²) in [5.74, 6) is -0.846. The number of rotatable bonds is 5. The number of aromatic nitrogens is 1. The third-order valence-electron chi connectivity index (χ3n) is 3.90. The van der Waals surface area contributed by atoms with Crippen molar-refractivity contribution >= 4 is 11.7 Å². The molecule has 0 aromatic carbocycles. The van der Waals surface area contributed by atoms with E-state index in [-0.39, 0.29) is 17.3 Å². The molecule has 0 aliphatic carbocycles. The van der Waals surface area contributed by atoms with E-state index in [4.69, 9.17) is 0 Å². The topological polar surface area (TPSA) is 57.3 Å². The maximum atomic E-state index is 14.2. The van der Waals surface area contributed by atoms with Crippen molar-refractivity contribution < 1.29 is 9.18 Å². The predicted molar refractivity (Wildman–Crippen MR) is 81.0 cm³/mol. The number of halogens is 1. The van der Waals surface area contributed by atoms with E-state index in [1.54, 1.807) is 0 Å². The van der Waals surface area contributed by atoms with Gasteiger partial charge in [-0.25, -0.2) is 9.37 Å². The molecule has 1 aromatic heterocycles. The van der Waals surface area contributed by atoms with Gasteiger partial charge in [0, 0.05) is 25.3 Å². The summed E-state index contributed by atoms with van der Waals surface area (Å²) >= 11 is 0. The van der Waals surface area contributed by atoms with Crippen molar-refractivity contribution in [1.29, 1.82) is 0 Å². The molecule has 0 spiro atoms. The average Bonchev–Trinajstić information content (AvgIpc) is 2.48. The second kappa shape index (κ2) is 7.36. The number of hydrogen-bond donors (Lipinski definition) is 2. The highest BCUT2D eigenvalue weighted by Crippen LogP contribution is 2.16. The lowest BCUT2D eigenvalue weighted by Crippen LogP contribution is -2.44. The maximum absolute atomic E-state index is 14.2.